The van der Waals surface area contributed by atoms with Crippen LogP contribution in [0.2, 0.25) is 0 Å². The number of carboxylic acid groups (broad SMARTS) is 1. The van der Waals surface area contributed by atoms with Crippen molar-refractivity contribution in [1.82, 2.24) is 5.32 Å². The molecule has 1 heterocycles. The van der Waals surface area contributed by atoms with Crippen molar-refractivity contribution in [3.63, 3.8) is 0 Å². The summed E-state index contributed by atoms with van der Waals surface area (Å²) in [5, 5.41) is 12.4. The predicted octanol–water partition coefficient (Wildman–Crippen LogP) is 4.13. The summed E-state index contributed by atoms with van der Waals surface area (Å²) >= 11 is 0. The molecule has 2 amide bonds. The van der Waals surface area contributed by atoms with Crippen molar-refractivity contribution >= 4 is 23.7 Å². The molecule has 0 radical (unpaired) electrons. The molecule has 0 saturated heterocycles. The minimum absolute atomic E-state index is 0.0555. The van der Waals surface area contributed by atoms with E-state index >= 15 is 0 Å². The van der Waals surface area contributed by atoms with Gasteiger partial charge in [-0.3, -0.25) is 4.79 Å². The van der Waals surface area contributed by atoms with Gasteiger partial charge in [0, 0.05) is 24.6 Å². The number of hydrogen-bond donors (Lipinski definition) is 2. The fourth-order valence-electron chi connectivity index (χ4n) is 4.59. The van der Waals surface area contributed by atoms with Gasteiger partial charge in [-0.25, -0.2) is 9.59 Å². The average molecular weight is 422 g/mol. The Morgan fingerprint density at radius 3 is 2.45 bits per heavy atom. The van der Waals surface area contributed by atoms with Crippen molar-refractivity contribution < 1.29 is 24.2 Å². The van der Waals surface area contributed by atoms with Gasteiger partial charge < -0.3 is 20.1 Å². The Labute approximate surface area is 181 Å². The fourth-order valence-corrected chi connectivity index (χ4v) is 4.59. The zero-order chi connectivity index (χ0) is 22.1. The van der Waals surface area contributed by atoms with Crippen molar-refractivity contribution in [3.8, 4) is 0 Å². The maximum absolute atomic E-state index is 12.6. The highest BCUT2D eigenvalue weighted by atomic mass is 16.5. The number of carbonyl (C=O) groups is 3. The number of ether oxygens (including phenoxy) is 1. The van der Waals surface area contributed by atoms with Crippen LogP contribution in [-0.2, 0) is 16.1 Å². The predicted molar refractivity (Wildman–Crippen MR) is 115 cm³/mol. The van der Waals surface area contributed by atoms with Crippen molar-refractivity contribution in [2.75, 3.05) is 4.90 Å². The zero-order valence-electron chi connectivity index (χ0n) is 17.6. The Hall–Kier alpha value is -3.35. The quantitative estimate of drug-likeness (QED) is 0.755. The molecule has 1 aliphatic carbocycles. The molecule has 7 nitrogen and oxygen atoms in total. The molecule has 162 valence electrons. The number of rotatable bonds is 5. The molecule has 4 rings (SSSR count). The smallest absolute Gasteiger partial charge is 0.407 e. The molecule has 31 heavy (non-hydrogen) atoms. The topological polar surface area (TPSA) is 95.9 Å². The van der Waals surface area contributed by atoms with Crippen LogP contribution in [0.25, 0.3) is 0 Å². The van der Waals surface area contributed by atoms with E-state index in [0.717, 1.165) is 18.4 Å². The maximum atomic E-state index is 12.6. The van der Waals surface area contributed by atoms with Crippen LogP contribution in [0, 0.1) is 11.8 Å². The Kier molecular flexibility index (Phi) is 5.67. The number of benzene rings is 2. The van der Waals surface area contributed by atoms with E-state index in [1.54, 1.807) is 17.0 Å². The highest BCUT2D eigenvalue weighted by molar-refractivity contribution is 5.96. The normalized spacial score (nSPS) is 22.4. The number of hydrogen-bond acceptors (Lipinski definition) is 4. The Balaban J connectivity index is 1.64. The number of carboxylic acids is 1. The lowest BCUT2D eigenvalue weighted by atomic mass is 9.79. The SMILES string of the molecule is CC(=O)N1c2ccc(C(=O)O)cc2[C@H](NC(=O)OCc2ccccc2)[C@@H](C)C1C1CC1. The van der Waals surface area contributed by atoms with Gasteiger partial charge in [0.05, 0.1) is 11.6 Å². The van der Waals surface area contributed by atoms with Gasteiger partial charge in [-0.1, -0.05) is 37.3 Å². The van der Waals surface area contributed by atoms with E-state index in [0.29, 0.717) is 17.2 Å². The first kappa shape index (κ1) is 20.9. The molecular weight excluding hydrogens is 396 g/mol. The highest BCUT2D eigenvalue weighted by Crippen LogP contribution is 2.49. The van der Waals surface area contributed by atoms with E-state index in [9.17, 15) is 19.5 Å². The minimum Gasteiger partial charge on any atom is -0.478 e. The number of carbonyl (C=O) groups excluding carboxylic acids is 2. The summed E-state index contributed by atoms with van der Waals surface area (Å²) in [4.78, 5) is 38.5. The first-order valence-electron chi connectivity index (χ1n) is 10.5. The van der Waals surface area contributed by atoms with Crippen LogP contribution in [-0.4, -0.2) is 29.1 Å². The molecular formula is C24H26N2O5. The summed E-state index contributed by atoms with van der Waals surface area (Å²) in [6.07, 6.45) is 1.50. The van der Waals surface area contributed by atoms with Crippen molar-refractivity contribution in [2.45, 2.75) is 45.4 Å². The molecule has 2 aromatic rings. The van der Waals surface area contributed by atoms with Crippen LogP contribution in [0.3, 0.4) is 0 Å². The fraction of sp³-hybridized carbons (Fsp3) is 0.375. The van der Waals surface area contributed by atoms with Gasteiger partial charge in [-0.15, -0.1) is 0 Å². The van der Waals surface area contributed by atoms with Gasteiger partial charge >= 0.3 is 12.1 Å². The Morgan fingerprint density at radius 2 is 1.84 bits per heavy atom. The van der Waals surface area contributed by atoms with Gasteiger partial charge in [-0.2, -0.15) is 0 Å². The van der Waals surface area contributed by atoms with Gasteiger partial charge in [-0.05, 0) is 48.1 Å². The van der Waals surface area contributed by atoms with E-state index in [4.69, 9.17) is 4.74 Å². The summed E-state index contributed by atoms with van der Waals surface area (Å²) in [7, 11) is 0. The lowest BCUT2D eigenvalue weighted by Crippen LogP contribution is -2.53. The summed E-state index contributed by atoms with van der Waals surface area (Å²) in [5.74, 6) is -0.870. The largest absolute Gasteiger partial charge is 0.478 e. The molecule has 1 saturated carbocycles. The minimum atomic E-state index is -1.06. The van der Waals surface area contributed by atoms with E-state index in [2.05, 4.69) is 5.32 Å². The second-order valence-corrected chi connectivity index (χ2v) is 8.34. The molecule has 2 aliphatic rings. The molecule has 7 heteroatoms. The van der Waals surface area contributed by atoms with E-state index in [1.165, 1.54) is 13.0 Å². The molecule has 1 unspecified atom stereocenters. The number of alkyl carbamates (subject to hydrolysis) is 1. The van der Waals surface area contributed by atoms with Crippen LogP contribution in [0.5, 0.6) is 0 Å². The third-order valence-electron chi connectivity index (χ3n) is 6.16. The van der Waals surface area contributed by atoms with Crippen LogP contribution in [0.1, 0.15) is 54.2 Å². The third kappa shape index (κ3) is 4.26. The molecule has 2 aromatic carbocycles. The molecule has 1 aliphatic heterocycles. The summed E-state index contributed by atoms with van der Waals surface area (Å²) < 4.78 is 5.41. The summed E-state index contributed by atoms with van der Waals surface area (Å²) in [5.41, 5.74) is 2.27. The third-order valence-corrected chi connectivity index (χ3v) is 6.16. The van der Waals surface area contributed by atoms with E-state index < -0.39 is 18.1 Å². The summed E-state index contributed by atoms with van der Waals surface area (Å²) in [6, 6.07) is 13.6. The molecule has 1 fully saturated rings. The lowest BCUT2D eigenvalue weighted by Gasteiger charge is -2.45. The molecule has 0 aromatic heterocycles. The van der Waals surface area contributed by atoms with Crippen LogP contribution < -0.4 is 10.2 Å². The number of amides is 2. The van der Waals surface area contributed by atoms with Gasteiger partial charge in [0.15, 0.2) is 0 Å². The second kappa shape index (κ2) is 8.41. The molecule has 3 atom stereocenters. The Morgan fingerprint density at radius 1 is 1.13 bits per heavy atom. The first-order chi connectivity index (χ1) is 14.9. The number of aromatic carboxylic acids is 1. The lowest BCUT2D eigenvalue weighted by molar-refractivity contribution is -0.117. The number of nitrogens with zero attached hydrogens (tertiary/aromatic N) is 1. The van der Waals surface area contributed by atoms with Crippen LogP contribution in [0.15, 0.2) is 48.5 Å². The average Bonchev–Trinajstić information content (AvgIpc) is 3.59. The van der Waals surface area contributed by atoms with Crippen molar-refractivity contribution in [3.05, 3.63) is 65.2 Å². The van der Waals surface area contributed by atoms with Crippen molar-refractivity contribution in [1.29, 1.82) is 0 Å². The van der Waals surface area contributed by atoms with Gasteiger partial charge in [0.1, 0.15) is 6.61 Å². The van der Waals surface area contributed by atoms with Gasteiger partial charge in [0.2, 0.25) is 5.91 Å². The molecule has 0 spiro atoms. The number of anilines is 1. The second-order valence-electron chi connectivity index (χ2n) is 8.34. The van der Waals surface area contributed by atoms with Crippen LogP contribution >= 0.6 is 0 Å². The number of fused-ring (bicyclic) bond motifs is 1. The number of nitrogens with one attached hydrogen (secondary N) is 1. The van der Waals surface area contributed by atoms with Crippen molar-refractivity contribution in [2.24, 2.45) is 11.8 Å². The molecule has 0 bridgehead atoms. The Bertz CT molecular complexity index is 1000. The first-order valence-corrected chi connectivity index (χ1v) is 10.5. The molecule has 2 N–H and O–H groups in total. The standard InChI is InChI=1S/C24H26N2O5/c1-14-21(25-24(30)31-13-16-6-4-3-5-7-16)19-12-18(23(28)29)10-11-20(19)26(15(2)27)22(14)17-8-9-17/h3-7,10-12,14,17,21-22H,8-9,13H2,1-2H3,(H,25,30)(H,28,29)/t14-,21-,22?/m1/s1. The monoisotopic (exact) mass is 422 g/mol. The summed E-state index contributed by atoms with van der Waals surface area (Å²) in [6.45, 7) is 3.66. The van der Waals surface area contributed by atoms with Gasteiger partial charge in [0.25, 0.3) is 0 Å². The zero-order valence-corrected chi connectivity index (χ0v) is 17.6. The van der Waals surface area contributed by atoms with E-state index in [-0.39, 0.29) is 30.0 Å². The van der Waals surface area contributed by atoms with E-state index in [1.807, 2.05) is 37.3 Å². The highest BCUT2D eigenvalue weighted by Gasteiger charge is 2.48. The van der Waals surface area contributed by atoms with Crippen LogP contribution in [0.4, 0.5) is 10.5 Å². The maximum Gasteiger partial charge on any atom is 0.407 e.